The SMILES string of the molecule is COc1ccc(NC(=O)N2CC(c3nc(-c4ccccn4)no3)C2)c(OC)c1. The number of hydrogen-bond acceptors (Lipinski definition) is 7. The van der Waals surface area contributed by atoms with Crippen LogP contribution in [0.1, 0.15) is 11.8 Å². The minimum absolute atomic E-state index is 0.00785. The van der Waals surface area contributed by atoms with Gasteiger partial charge in [0.25, 0.3) is 0 Å². The van der Waals surface area contributed by atoms with Gasteiger partial charge in [-0.15, -0.1) is 0 Å². The fourth-order valence-electron chi connectivity index (χ4n) is 2.90. The van der Waals surface area contributed by atoms with Gasteiger partial charge in [0.15, 0.2) is 0 Å². The number of pyridine rings is 1. The quantitative estimate of drug-likeness (QED) is 0.725. The molecule has 1 aliphatic rings. The van der Waals surface area contributed by atoms with Gasteiger partial charge in [-0.3, -0.25) is 4.98 Å². The molecule has 0 atom stereocenters. The average Bonchev–Trinajstić information content (AvgIpc) is 3.17. The zero-order valence-electron chi connectivity index (χ0n) is 15.5. The van der Waals surface area contributed by atoms with E-state index in [1.54, 1.807) is 43.5 Å². The summed E-state index contributed by atoms with van der Waals surface area (Å²) in [5.41, 5.74) is 1.23. The maximum Gasteiger partial charge on any atom is 0.321 e. The van der Waals surface area contributed by atoms with Crippen molar-refractivity contribution >= 4 is 11.7 Å². The van der Waals surface area contributed by atoms with Crippen molar-refractivity contribution in [2.45, 2.75) is 5.92 Å². The normalized spacial score (nSPS) is 13.7. The summed E-state index contributed by atoms with van der Waals surface area (Å²) in [6, 6.07) is 10.5. The molecule has 9 nitrogen and oxygen atoms in total. The van der Waals surface area contributed by atoms with E-state index < -0.39 is 0 Å². The lowest BCUT2D eigenvalue weighted by Crippen LogP contribution is -2.50. The van der Waals surface area contributed by atoms with Crippen LogP contribution in [-0.2, 0) is 0 Å². The van der Waals surface area contributed by atoms with Crippen molar-refractivity contribution in [3.63, 3.8) is 0 Å². The van der Waals surface area contributed by atoms with Crippen LogP contribution in [0.4, 0.5) is 10.5 Å². The van der Waals surface area contributed by atoms with E-state index in [-0.39, 0.29) is 11.9 Å². The van der Waals surface area contributed by atoms with Crippen molar-refractivity contribution in [1.82, 2.24) is 20.0 Å². The van der Waals surface area contributed by atoms with Gasteiger partial charge in [0.2, 0.25) is 11.7 Å². The number of ether oxygens (including phenoxy) is 2. The van der Waals surface area contributed by atoms with Crippen LogP contribution in [0.25, 0.3) is 11.5 Å². The Hall–Kier alpha value is -3.62. The third kappa shape index (κ3) is 3.46. The number of methoxy groups -OCH3 is 2. The maximum absolute atomic E-state index is 12.5. The third-order valence-electron chi connectivity index (χ3n) is 4.50. The Bertz CT molecular complexity index is 969. The second-order valence-electron chi connectivity index (χ2n) is 6.27. The summed E-state index contributed by atoms with van der Waals surface area (Å²) in [4.78, 5) is 22.7. The molecule has 3 heterocycles. The van der Waals surface area contributed by atoms with Gasteiger partial charge in [0, 0.05) is 25.4 Å². The molecule has 0 unspecified atom stereocenters. The number of nitrogens with one attached hydrogen (secondary N) is 1. The van der Waals surface area contributed by atoms with E-state index in [1.165, 1.54) is 0 Å². The van der Waals surface area contributed by atoms with Gasteiger partial charge in [-0.25, -0.2) is 4.79 Å². The summed E-state index contributed by atoms with van der Waals surface area (Å²) < 4.78 is 15.8. The number of amides is 2. The van der Waals surface area contributed by atoms with Gasteiger partial charge in [-0.2, -0.15) is 4.98 Å². The van der Waals surface area contributed by atoms with Crippen LogP contribution >= 0.6 is 0 Å². The van der Waals surface area contributed by atoms with Gasteiger partial charge < -0.3 is 24.2 Å². The highest BCUT2D eigenvalue weighted by Crippen LogP contribution is 2.31. The second-order valence-corrected chi connectivity index (χ2v) is 6.27. The Morgan fingerprint density at radius 1 is 1.21 bits per heavy atom. The van der Waals surface area contributed by atoms with Crippen LogP contribution in [0, 0.1) is 0 Å². The first-order chi connectivity index (χ1) is 13.7. The summed E-state index contributed by atoms with van der Waals surface area (Å²) in [5.74, 6) is 2.14. The number of carbonyl (C=O) groups is 1. The number of urea groups is 1. The van der Waals surface area contributed by atoms with Crippen LogP contribution in [0.3, 0.4) is 0 Å². The minimum Gasteiger partial charge on any atom is -0.497 e. The van der Waals surface area contributed by atoms with E-state index >= 15 is 0 Å². The van der Waals surface area contributed by atoms with E-state index in [2.05, 4.69) is 20.4 Å². The lowest BCUT2D eigenvalue weighted by atomic mass is 10.0. The van der Waals surface area contributed by atoms with Gasteiger partial charge in [-0.05, 0) is 24.3 Å². The number of anilines is 1. The van der Waals surface area contributed by atoms with Crippen LogP contribution in [0.15, 0.2) is 47.1 Å². The van der Waals surface area contributed by atoms with Crippen LogP contribution in [0.2, 0.25) is 0 Å². The molecule has 0 bridgehead atoms. The zero-order valence-corrected chi connectivity index (χ0v) is 15.5. The van der Waals surface area contributed by atoms with Gasteiger partial charge in [-0.1, -0.05) is 11.2 Å². The molecule has 2 amide bonds. The molecule has 0 saturated carbocycles. The summed E-state index contributed by atoms with van der Waals surface area (Å²) in [6.07, 6.45) is 1.67. The summed E-state index contributed by atoms with van der Waals surface area (Å²) >= 11 is 0. The Balaban J connectivity index is 1.37. The van der Waals surface area contributed by atoms with Crippen LogP contribution in [0.5, 0.6) is 11.5 Å². The molecule has 28 heavy (non-hydrogen) atoms. The Kier molecular flexibility index (Phi) is 4.79. The molecule has 1 fully saturated rings. The highest BCUT2D eigenvalue weighted by Gasteiger charge is 2.36. The standard InChI is InChI=1S/C19H19N5O4/c1-26-13-6-7-14(16(9-13)27-2)21-19(25)24-10-12(11-24)18-22-17(23-28-18)15-5-3-4-8-20-15/h3-9,12H,10-11H2,1-2H3,(H,21,25). The number of nitrogens with zero attached hydrogens (tertiary/aromatic N) is 4. The number of aromatic nitrogens is 3. The molecule has 3 aromatic rings. The lowest BCUT2D eigenvalue weighted by Gasteiger charge is -2.36. The predicted molar refractivity (Wildman–Crippen MR) is 100 cm³/mol. The predicted octanol–water partition coefficient (Wildman–Crippen LogP) is 2.78. The summed E-state index contributed by atoms with van der Waals surface area (Å²) in [5, 5.41) is 6.82. The number of rotatable bonds is 5. The zero-order chi connectivity index (χ0) is 19.5. The molecule has 1 aromatic carbocycles. The number of likely N-dealkylation sites (tertiary alicyclic amines) is 1. The van der Waals surface area contributed by atoms with Crippen molar-refractivity contribution in [1.29, 1.82) is 0 Å². The van der Waals surface area contributed by atoms with Crippen molar-refractivity contribution in [3.05, 3.63) is 48.5 Å². The van der Waals surface area contributed by atoms with Crippen molar-refractivity contribution in [2.24, 2.45) is 0 Å². The number of hydrogen-bond donors (Lipinski definition) is 1. The first kappa shape index (κ1) is 17.8. The Labute approximate surface area is 161 Å². The van der Waals surface area contributed by atoms with E-state index in [0.717, 1.165) is 0 Å². The second kappa shape index (κ2) is 7.55. The topological polar surface area (TPSA) is 103 Å². The lowest BCUT2D eigenvalue weighted by molar-refractivity contribution is 0.147. The first-order valence-corrected chi connectivity index (χ1v) is 8.71. The summed E-state index contributed by atoms with van der Waals surface area (Å²) in [6.45, 7) is 0.988. The maximum atomic E-state index is 12.5. The molecule has 144 valence electrons. The Morgan fingerprint density at radius 2 is 2.07 bits per heavy atom. The smallest absolute Gasteiger partial charge is 0.321 e. The highest BCUT2D eigenvalue weighted by atomic mass is 16.5. The van der Waals surface area contributed by atoms with Gasteiger partial charge >= 0.3 is 6.03 Å². The Morgan fingerprint density at radius 3 is 2.79 bits per heavy atom. The third-order valence-corrected chi connectivity index (χ3v) is 4.50. The van der Waals surface area contributed by atoms with E-state index in [1.807, 2.05) is 18.2 Å². The minimum atomic E-state index is -0.218. The molecular formula is C19H19N5O4. The van der Waals surface area contributed by atoms with E-state index in [9.17, 15) is 4.79 Å². The van der Waals surface area contributed by atoms with Crippen molar-refractivity contribution in [2.75, 3.05) is 32.6 Å². The highest BCUT2D eigenvalue weighted by molar-refractivity contribution is 5.91. The number of carbonyl (C=O) groups excluding carboxylic acids is 1. The molecule has 0 radical (unpaired) electrons. The largest absolute Gasteiger partial charge is 0.497 e. The van der Waals surface area contributed by atoms with Crippen LogP contribution in [-0.4, -0.2) is 53.4 Å². The molecule has 0 spiro atoms. The molecular weight excluding hydrogens is 362 g/mol. The van der Waals surface area contributed by atoms with E-state index in [4.69, 9.17) is 14.0 Å². The van der Waals surface area contributed by atoms with Crippen molar-refractivity contribution in [3.8, 4) is 23.0 Å². The van der Waals surface area contributed by atoms with E-state index in [0.29, 0.717) is 47.7 Å². The molecule has 0 aliphatic carbocycles. The molecule has 1 N–H and O–H groups in total. The van der Waals surface area contributed by atoms with Crippen molar-refractivity contribution < 1.29 is 18.8 Å². The van der Waals surface area contributed by atoms with Gasteiger partial charge in [0.1, 0.15) is 17.2 Å². The first-order valence-electron chi connectivity index (χ1n) is 8.71. The molecule has 1 saturated heterocycles. The molecule has 2 aromatic heterocycles. The molecule has 1 aliphatic heterocycles. The monoisotopic (exact) mass is 381 g/mol. The fourth-order valence-corrected chi connectivity index (χ4v) is 2.90. The van der Waals surface area contributed by atoms with Crippen LogP contribution < -0.4 is 14.8 Å². The fraction of sp³-hybridized carbons (Fsp3) is 0.263. The molecule has 9 heteroatoms. The average molecular weight is 381 g/mol. The number of benzene rings is 1. The summed E-state index contributed by atoms with van der Waals surface area (Å²) in [7, 11) is 3.11. The molecule has 4 rings (SSSR count). The van der Waals surface area contributed by atoms with Gasteiger partial charge in [0.05, 0.1) is 25.8 Å².